The number of hydrogen-bond acceptors (Lipinski definition) is 6. The number of aromatic nitrogens is 2. The SMILES string of the molecule is CCCCCCOc1ccccc1-c1nnc(NN)s1.Cl. The molecular formula is C14H21ClN4OS. The van der Waals surface area contributed by atoms with Gasteiger partial charge in [-0.25, -0.2) is 5.84 Å². The van der Waals surface area contributed by atoms with E-state index in [4.69, 9.17) is 10.6 Å². The first-order valence-corrected chi connectivity index (χ1v) is 7.69. The zero-order valence-corrected chi connectivity index (χ0v) is 13.7. The molecule has 116 valence electrons. The van der Waals surface area contributed by atoms with Crippen LogP contribution in [0.2, 0.25) is 0 Å². The molecule has 7 heteroatoms. The molecule has 3 N–H and O–H groups in total. The van der Waals surface area contributed by atoms with Gasteiger partial charge in [-0.1, -0.05) is 49.7 Å². The summed E-state index contributed by atoms with van der Waals surface area (Å²) in [6, 6.07) is 7.89. The molecule has 2 rings (SSSR count). The minimum absolute atomic E-state index is 0. The van der Waals surface area contributed by atoms with Crippen LogP contribution in [-0.4, -0.2) is 16.8 Å². The summed E-state index contributed by atoms with van der Waals surface area (Å²) in [5.74, 6) is 6.18. The largest absolute Gasteiger partial charge is 0.493 e. The molecule has 1 aromatic heterocycles. The maximum Gasteiger partial charge on any atom is 0.220 e. The molecule has 2 aromatic rings. The number of nitrogens with two attached hydrogens (primary N) is 1. The standard InChI is InChI=1S/C14H20N4OS.ClH/c1-2-3-4-7-10-19-12-9-6-5-8-11(12)13-17-18-14(16-15)20-13;/h5-6,8-9H,2-4,7,10,15H2,1H3,(H,16,18);1H. The molecule has 0 saturated carbocycles. The summed E-state index contributed by atoms with van der Waals surface area (Å²) in [6.07, 6.45) is 4.77. The van der Waals surface area contributed by atoms with Crippen LogP contribution in [0.3, 0.4) is 0 Å². The second kappa shape index (κ2) is 9.55. The molecule has 0 fully saturated rings. The van der Waals surface area contributed by atoms with E-state index >= 15 is 0 Å². The Kier molecular flexibility index (Phi) is 8.04. The van der Waals surface area contributed by atoms with E-state index in [1.165, 1.54) is 30.6 Å². The maximum atomic E-state index is 5.87. The molecule has 0 spiro atoms. The van der Waals surface area contributed by atoms with E-state index in [-0.39, 0.29) is 12.4 Å². The van der Waals surface area contributed by atoms with Crippen LogP contribution >= 0.6 is 23.7 Å². The summed E-state index contributed by atoms with van der Waals surface area (Å²) in [5, 5.41) is 9.47. The topological polar surface area (TPSA) is 73.1 Å². The molecule has 0 saturated heterocycles. The average Bonchev–Trinajstić information content (AvgIpc) is 2.96. The van der Waals surface area contributed by atoms with Crippen molar-refractivity contribution in [3.05, 3.63) is 24.3 Å². The number of hydrazine groups is 1. The second-order valence-corrected chi connectivity index (χ2v) is 5.44. The van der Waals surface area contributed by atoms with Gasteiger partial charge < -0.3 is 4.74 Å². The Morgan fingerprint density at radius 1 is 1.19 bits per heavy atom. The van der Waals surface area contributed by atoms with E-state index in [2.05, 4.69) is 22.5 Å². The number of para-hydroxylation sites is 1. The van der Waals surface area contributed by atoms with E-state index in [0.29, 0.717) is 5.13 Å². The predicted octanol–water partition coefficient (Wildman–Crippen LogP) is 3.87. The highest BCUT2D eigenvalue weighted by atomic mass is 35.5. The first-order valence-electron chi connectivity index (χ1n) is 6.87. The molecule has 0 aliphatic carbocycles. The lowest BCUT2D eigenvalue weighted by molar-refractivity contribution is 0.306. The number of anilines is 1. The second-order valence-electron chi connectivity index (χ2n) is 4.46. The van der Waals surface area contributed by atoms with E-state index in [9.17, 15) is 0 Å². The van der Waals surface area contributed by atoms with Crippen LogP contribution in [0, 0.1) is 0 Å². The summed E-state index contributed by atoms with van der Waals surface area (Å²) in [5.41, 5.74) is 3.47. The van der Waals surface area contributed by atoms with Gasteiger partial charge in [0.15, 0.2) is 5.01 Å². The summed E-state index contributed by atoms with van der Waals surface area (Å²) < 4.78 is 5.87. The predicted molar refractivity (Wildman–Crippen MR) is 90.0 cm³/mol. The monoisotopic (exact) mass is 328 g/mol. The number of rotatable bonds is 8. The Morgan fingerprint density at radius 3 is 2.71 bits per heavy atom. The number of benzene rings is 1. The van der Waals surface area contributed by atoms with Crippen LogP contribution in [0.5, 0.6) is 5.75 Å². The Bertz CT molecular complexity index is 535. The molecule has 0 bridgehead atoms. The van der Waals surface area contributed by atoms with Gasteiger partial charge >= 0.3 is 0 Å². The zero-order valence-electron chi connectivity index (χ0n) is 12.0. The van der Waals surface area contributed by atoms with Crippen molar-refractivity contribution in [1.82, 2.24) is 10.2 Å². The van der Waals surface area contributed by atoms with Crippen molar-refractivity contribution in [3.63, 3.8) is 0 Å². The van der Waals surface area contributed by atoms with Crippen molar-refractivity contribution >= 4 is 28.9 Å². The van der Waals surface area contributed by atoms with Crippen LogP contribution in [0.1, 0.15) is 32.6 Å². The Morgan fingerprint density at radius 2 is 2.00 bits per heavy atom. The summed E-state index contributed by atoms with van der Waals surface area (Å²) in [4.78, 5) is 0. The highest BCUT2D eigenvalue weighted by Gasteiger charge is 2.11. The smallest absolute Gasteiger partial charge is 0.220 e. The lowest BCUT2D eigenvalue weighted by atomic mass is 10.2. The molecule has 0 atom stereocenters. The number of unbranched alkanes of at least 4 members (excludes halogenated alkanes) is 3. The maximum absolute atomic E-state index is 5.87. The summed E-state index contributed by atoms with van der Waals surface area (Å²) >= 11 is 1.41. The number of halogens is 1. The van der Waals surface area contributed by atoms with Gasteiger partial charge in [-0.2, -0.15) is 0 Å². The molecule has 1 aromatic carbocycles. The molecule has 1 heterocycles. The molecule has 0 unspecified atom stereocenters. The molecular weight excluding hydrogens is 308 g/mol. The zero-order chi connectivity index (χ0) is 14.2. The fraction of sp³-hybridized carbons (Fsp3) is 0.429. The van der Waals surface area contributed by atoms with Gasteiger partial charge in [0.2, 0.25) is 5.13 Å². The van der Waals surface area contributed by atoms with Crippen LogP contribution in [0.25, 0.3) is 10.6 Å². The molecule has 0 aliphatic rings. The third-order valence-electron chi connectivity index (χ3n) is 2.92. The third-order valence-corrected chi connectivity index (χ3v) is 3.81. The fourth-order valence-electron chi connectivity index (χ4n) is 1.87. The van der Waals surface area contributed by atoms with Gasteiger partial charge in [0.25, 0.3) is 0 Å². The lowest BCUT2D eigenvalue weighted by Crippen LogP contribution is -2.05. The van der Waals surface area contributed by atoms with Crippen LogP contribution in [-0.2, 0) is 0 Å². The van der Waals surface area contributed by atoms with Crippen molar-refractivity contribution in [3.8, 4) is 16.3 Å². The number of nitrogens with one attached hydrogen (secondary N) is 1. The normalized spacial score (nSPS) is 10.0. The summed E-state index contributed by atoms with van der Waals surface area (Å²) in [6.45, 7) is 2.94. The minimum atomic E-state index is 0. The van der Waals surface area contributed by atoms with Gasteiger partial charge in [0.1, 0.15) is 5.75 Å². The van der Waals surface area contributed by atoms with Gasteiger partial charge in [-0.05, 0) is 18.6 Å². The molecule has 21 heavy (non-hydrogen) atoms. The fourth-order valence-corrected chi connectivity index (χ4v) is 2.55. The Hall–Kier alpha value is -1.37. The number of hydrogen-bond donors (Lipinski definition) is 2. The highest BCUT2D eigenvalue weighted by Crippen LogP contribution is 2.33. The summed E-state index contributed by atoms with van der Waals surface area (Å²) in [7, 11) is 0. The Balaban J connectivity index is 0.00000220. The quantitative estimate of drug-likeness (QED) is 0.437. The van der Waals surface area contributed by atoms with Crippen molar-refractivity contribution in [1.29, 1.82) is 0 Å². The molecule has 0 aliphatic heterocycles. The van der Waals surface area contributed by atoms with Gasteiger partial charge in [-0.3, -0.25) is 5.43 Å². The van der Waals surface area contributed by atoms with E-state index in [0.717, 1.165) is 29.3 Å². The average molecular weight is 329 g/mol. The number of nitrogens with zero attached hydrogens (tertiary/aromatic N) is 2. The van der Waals surface area contributed by atoms with Gasteiger partial charge in [0, 0.05) is 0 Å². The lowest BCUT2D eigenvalue weighted by Gasteiger charge is -2.09. The highest BCUT2D eigenvalue weighted by molar-refractivity contribution is 7.18. The molecule has 5 nitrogen and oxygen atoms in total. The van der Waals surface area contributed by atoms with Gasteiger partial charge in [-0.15, -0.1) is 22.6 Å². The van der Waals surface area contributed by atoms with Crippen LogP contribution < -0.4 is 16.0 Å². The number of ether oxygens (including phenoxy) is 1. The van der Waals surface area contributed by atoms with E-state index < -0.39 is 0 Å². The first-order chi connectivity index (χ1) is 9.85. The van der Waals surface area contributed by atoms with Crippen LogP contribution in [0.4, 0.5) is 5.13 Å². The van der Waals surface area contributed by atoms with Crippen molar-refractivity contribution in [2.75, 3.05) is 12.0 Å². The van der Waals surface area contributed by atoms with E-state index in [1.807, 2.05) is 24.3 Å². The third kappa shape index (κ3) is 5.15. The Labute approximate surface area is 135 Å². The minimum Gasteiger partial charge on any atom is -0.493 e. The van der Waals surface area contributed by atoms with Crippen LogP contribution in [0.15, 0.2) is 24.3 Å². The molecule has 0 amide bonds. The van der Waals surface area contributed by atoms with Crippen molar-refractivity contribution < 1.29 is 4.74 Å². The van der Waals surface area contributed by atoms with E-state index in [1.54, 1.807) is 0 Å². The first kappa shape index (κ1) is 17.7. The van der Waals surface area contributed by atoms with Gasteiger partial charge in [0.05, 0.1) is 12.2 Å². The van der Waals surface area contributed by atoms with Crippen molar-refractivity contribution in [2.24, 2.45) is 5.84 Å². The number of nitrogen functional groups attached to an aromatic ring is 1. The molecule has 0 radical (unpaired) electrons. The van der Waals surface area contributed by atoms with Crippen molar-refractivity contribution in [2.45, 2.75) is 32.6 Å².